The van der Waals surface area contributed by atoms with Gasteiger partial charge in [-0.15, -0.1) is 0 Å². The maximum absolute atomic E-state index is 4.56. The van der Waals surface area contributed by atoms with Crippen molar-refractivity contribution < 1.29 is 0 Å². The molecule has 0 amide bonds. The number of pyridine rings is 1. The minimum Gasteiger partial charge on any atom is -0.356 e. The molecule has 3 nitrogen and oxygen atoms in total. The van der Waals surface area contributed by atoms with Crippen LogP contribution in [-0.2, 0) is 6.54 Å². The van der Waals surface area contributed by atoms with Crippen molar-refractivity contribution in [1.82, 2.24) is 10.3 Å². The summed E-state index contributed by atoms with van der Waals surface area (Å²) in [6, 6.07) is 15.1. The minimum atomic E-state index is 0.630. The summed E-state index contributed by atoms with van der Waals surface area (Å²) in [6.45, 7) is 6.21. The van der Waals surface area contributed by atoms with Gasteiger partial charge in [0.25, 0.3) is 0 Å². The van der Waals surface area contributed by atoms with E-state index in [-0.39, 0.29) is 0 Å². The molecule has 1 saturated heterocycles. The third-order valence-electron chi connectivity index (χ3n) is 4.17. The maximum atomic E-state index is 4.56. The Kier molecular flexibility index (Phi) is 4.51. The Labute approximate surface area is 127 Å². The average Bonchev–Trinajstić information content (AvgIpc) is 3.04. The zero-order chi connectivity index (χ0) is 14.5. The van der Waals surface area contributed by atoms with Gasteiger partial charge in [-0.1, -0.05) is 37.3 Å². The molecule has 1 aromatic heterocycles. The highest BCUT2D eigenvalue weighted by Crippen LogP contribution is 2.29. The number of anilines is 1. The molecular formula is C18H23N3. The van der Waals surface area contributed by atoms with E-state index < -0.39 is 0 Å². The van der Waals surface area contributed by atoms with Crippen LogP contribution in [0.1, 0.15) is 30.4 Å². The topological polar surface area (TPSA) is 28.2 Å². The molecule has 1 aromatic carbocycles. The van der Waals surface area contributed by atoms with E-state index >= 15 is 0 Å². The normalized spacial score (nSPS) is 18.1. The Bertz CT molecular complexity index is 568. The van der Waals surface area contributed by atoms with Gasteiger partial charge in [0.1, 0.15) is 5.82 Å². The number of hydrogen-bond donors (Lipinski definition) is 1. The lowest BCUT2D eigenvalue weighted by Gasteiger charge is -2.18. The van der Waals surface area contributed by atoms with Crippen LogP contribution in [0.15, 0.2) is 48.7 Å². The van der Waals surface area contributed by atoms with Gasteiger partial charge < -0.3 is 10.2 Å². The Hall–Kier alpha value is -1.87. The average molecular weight is 281 g/mol. The molecule has 1 N–H and O–H groups in total. The van der Waals surface area contributed by atoms with E-state index in [9.17, 15) is 0 Å². The summed E-state index contributed by atoms with van der Waals surface area (Å²) in [6.07, 6.45) is 3.14. The zero-order valence-corrected chi connectivity index (χ0v) is 12.6. The molecule has 0 bridgehead atoms. The Balaban J connectivity index is 1.68. The maximum Gasteiger partial charge on any atom is 0.128 e. The van der Waals surface area contributed by atoms with Crippen molar-refractivity contribution in [2.45, 2.75) is 25.8 Å². The van der Waals surface area contributed by atoms with Crippen LogP contribution in [0, 0.1) is 0 Å². The first-order valence-electron chi connectivity index (χ1n) is 7.82. The number of aromatic nitrogens is 1. The van der Waals surface area contributed by atoms with Gasteiger partial charge in [0.2, 0.25) is 0 Å². The SMILES string of the molecule is CCNCc1ccnc(N2CCC(c3ccccc3)C2)c1. The van der Waals surface area contributed by atoms with Gasteiger partial charge in [-0.3, -0.25) is 0 Å². The molecule has 3 rings (SSSR count). The highest BCUT2D eigenvalue weighted by molar-refractivity contribution is 5.43. The molecule has 21 heavy (non-hydrogen) atoms. The highest BCUT2D eigenvalue weighted by atomic mass is 15.2. The third-order valence-corrected chi connectivity index (χ3v) is 4.17. The molecule has 2 aromatic rings. The molecule has 1 unspecified atom stereocenters. The van der Waals surface area contributed by atoms with Gasteiger partial charge >= 0.3 is 0 Å². The highest BCUT2D eigenvalue weighted by Gasteiger charge is 2.24. The number of nitrogens with zero attached hydrogens (tertiary/aromatic N) is 2. The molecule has 0 spiro atoms. The summed E-state index contributed by atoms with van der Waals surface area (Å²) < 4.78 is 0. The summed E-state index contributed by atoms with van der Waals surface area (Å²) in [7, 11) is 0. The summed E-state index contributed by atoms with van der Waals surface area (Å²) >= 11 is 0. The van der Waals surface area contributed by atoms with Crippen molar-refractivity contribution in [3.8, 4) is 0 Å². The van der Waals surface area contributed by atoms with Gasteiger partial charge in [-0.2, -0.15) is 0 Å². The Morgan fingerprint density at radius 3 is 2.90 bits per heavy atom. The molecule has 0 saturated carbocycles. The van der Waals surface area contributed by atoms with E-state index in [1.165, 1.54) is 17.5 Å². The Morgan fingerprint density at radius 2 is 2.10 bits per heavy atom. The fourth-order valence-corrected chi connectivity index (χ4v) is 2.98. The zero-order valence-electron chi connectivity index (χ0n) is 12.6. The van der Waals surface area contributed by atoms with Crippen LogP contribution in [-0.4, -0.2) is 24.6 Å². The van der Waals surface area contributed by atoms with E-state index in [1.807, 2.05) is 6.20 Å². The largest absolute Gasteiger partial charge is 0.356 e. The van der Waals surface area contributed by atoms with Crippen LogP contribution < -0.4 is 10.2 Å². The van der Waals surface area contributed by atoms with Gasteiger partial charge in [0.15, 0.2) is 0 Å². The third kappa shape index (κ3) is 3.42. The summed E-state index contributed by atoms with van der Waals surface area (Å²) in [5, 5.41) is 3.37. The summed E-state index contributed by atoms with van der Waals surface area (Å²) in [4.78, 5) is 6.97. The Morgan fingerprint density at radius 1 is 1.24 bits per heavy atom. The predicted molar refractivity (Wildman–Crippen MR) is 87.6 cm³/mol. The number of benzene rings is 1. The quantitative estimate of drug-likeness (QED) is 0.912. The monoisotopic (exact) mass is 281 g/mol. The minimum absolute atomic E-state index is 0.630. The lowest BCUT2D eigenvalue weighted by molar-refractivity contribution is 0.725. The number of rotatable bonds is 5. The van der Waals surface area contributed by atoms with Crippen molar-refractivity contribution in [3.63, 3.8) is 0 Å². The molecule has 3 heteroatoms. The number of hydrogen-bond acceptors (Lipinski definition) is 3. The van der Waals surface area contributed by atoms with Gasteiger partial charge in [0, 0.05) is 31.7 Å². The second-order valence-electron chi connectivity index (χ2n) is 5.64. The molecule has 2 heterocycles. The van der Waals surface area contributed by atoms with E-state index in [1.54, 1.807) is 0 Å². The standard InChI is InChI=1S/C18H23N3/c1-2-19-13-15-8-10-20-18(12-15)21-11-9-17(14-21)16-6-4-3-5-7-16/h3-8,10,12,17,19H,2,9,11,13-14H2,1H3. The van der Waals surface area contributed by atoms with Crippen molar-refractivity contribution in [2.24, 2.45) is 0 Å². The second-order valence-corrected chi connectivity index (χ2v) is 5.64. The molecular weight excluding hydrogens is 258 g/mol. The molecule has 0 aliphatic carbocycles. The molecule has 1 fully saturated rings. The van der Waals surface area contributed by atoms with Crippen LogP contribution in [0.5, 0.6) is 0 Å². The lowest BCUT2D eigenvalue weighted by Crippen LogP contribution is -2.21. The molecule has 110 valence electrons. The predicted octanol–water partition coefficient (Wildman–Crippen LogP) is 3.19. The summed E-state index contributed by atoms with van der Waals surface area (Å²) in [5.41, 5.74) is 2.76. The molecule has 1 aliphatic heterocycles. The van der Waals surface area contributed by atoms with E-state index in [4.69, 9.17) is 0 Å². The van der Waals surface area contributed by atoms with Gasteiger partial charge in [-0.05, 0) is 36.2 Å². The van der Waals surface area contributed by atoms with Crippen LogP contribution in [0.3, 0.4) is 0 Å². The first kappa shape index (κ1) is 14.1. The van der Waals surface area contributed by atoms with E-state index in [0.29, 0.717) is 5.92 Å². The van der Waals surface area contributed by atoms with E-state index in [0.717, 1.165) is 32.0 Å². The first-order valence-corrected chi connectivity index (χ1v) is 7.82. The van der Waals surface area contributed by atoms with Crippen molar-refractivity contribution in [3.05, 3.63) is 59.8 Å². The molecule has 1 atom stereocenters. The van der Waals surface area contributed by atoms with Crippen molar-refractivity contribution in [1.29, 1.82) is 0 Å². The van der Waals surface area contributed by atoms with Crippen LogP contribution in [0.25, 0.3) is 0 Å². The van der Waals surface area contributed by atoms with Crippen LogP contribution in [0.4, 0.5) is 5.82 Å². The second kappa shape index (κ2) is 6.72. The van der Waals surface area contributed by atoms with Crippen LogP contribution >= 0.6 is 0 Å². The fourth-order valence-electron chi connectivity index (χ4n) is 2.98. The first-order chi connectivity index (χ1) is 10.4. The van der Waals surface area contributed by atoms with Crippen molar-refractivity contribution in [2.75, 3.05) is 24.5 Å². The fraction of sp³-hybridized carbons (Fsp3) is 0.389. The lowest BCUT2D eigenvalue weighted by atomic mass is 9.99. The molecule has 0 radical (unpaired) electrons. The summed E-state index contributed by atoms with van der Waals surface area (Å²) in [5.74, 6) is 1.74. The van der Waals surface area contributed by atoms with E-state index in [2.05, 4.69) is 64.6 Å². The van der Waals surface area contributed by atoms with Gasteiger partial charge in [0.05, 0.1) is 0 Å². The smallest absolute Gasteiger partial charge is 0.128 e. The number of nitrogens with one attached hydrogen (secondary N) is 1. The van der Waals surface area contributed by atoms with Crippen LogP contribution in [0.2, 0.25) is 0 Å². The van der Waals surface area contributed by atoms with Gasteiger partial charge in [-0.25, -0.2) is 4.98 Å². The van der Waals surface area contributed by atoms with Crippen molar-refractivity contribution >= 4 is 5.82 Å². The molecule has 1 aliphatic rings.